The summed E-state index contributed by atoms with van der Waals surface area (Å²) in [5, 5.41) is 19.1. The topological polar surface area (TPSA) is 90.3 Å². The fourth-order valence-electron chi connectivity index (χ4n) is 1.92. The van der Waals surface area contributed by atoms with E-state index < -0.39 is 18.0 Å². The Morgan fingerprint density at radius 1 is 1.17 bits per heavy atom. The van der Waals surface area contributed by atoms with Gasteiger partial charge >= 0.3 is 12.0 Å². The summed E-state index contributed by atoms with van der Waals surface area (Å²) in [6.45, 7) is 7.26. The molecular weight excluding hydrogens is 336 g/mol. The van der Waals surface area contributed by atoms with Gasteiger partial charge in [0.05, 0.1) is 11.8 Å². The third-order valence-electron chi connectivity index (χ3n) is 3.32. The molecule has 0 heterocycles. The second-order valence-electron chi connectivity index (χ2n) is 5.50. The summed E-state index contributed by atoms with van der Waals surface area (Å²) in [6, 6.07) is 2.65. The Morgan fingerprint density at radius 3 is 2.21 bits per heavy atom. The van der Waals surface area contributed by atoms with Crippen molar-refractivity contribution in [1.29, 1.82) is 0 Å². The average Bonchev–Trinajstić information content (AvgIpc) is 2.49. The highest BCUT2D eigenvalue weighted by molar-refractivity contribution is 5.98. The van der Waals surface area contributed by atoms with Crippen molar-refractivity contribution in [3.05, 3.63) is 18.2 Å². The molecule has 0 aromatic heterocycles. The van der Waals surface area contributed by atoms with Crippen molar-refractivity contribution in [3.63, 3.8) is 0 Å². The maximum Gasteiger partial charge on any atom is 0.329 e. The predicted octanol–water partition coefficient (Wildman–Crippen LogP) is 2.74. The molecule has 0 bridgehead atoms. The quantitative estimate of drug-likeness (QED) is 0.622. The number of hydrogen-bond donors (Lipinski definition) is 2. The van der Waals surface area contributed by atoms with Gasteiger partial charge in [-0.3, -0.25) is 4.90 Å². The molecule has 2 amide bonds. The summed E-state index contributed by atoms with van der Waals surface area (Å²) in [7, 11) is 1.61. The minimum absolute atomic E-state index is 0. The van der Waals surface area contributed by atoms with Crippen molar-refractivity contribution in [2.45, 2.75) is 39.8 Å². The molecule has 1 atom stereocenters. The third-order valence-corrected chi connectivity index (χ3v) is 3.32. The van der Waals surface area contributed by atoms with Crippen LogP contribution in [0, 0.1) is 0 Å². The van der Waals surface area contributed by atoms with E-state index in [1.165, 1.54) is 28.0 Å². The van der Waals surface area contributed by atoms with Gasteiger partial charge in [0.1, 0.15) is 6.04 Å². The number of esters is 1. The Kier molecular flexibility index (Phi) is 8.39. The first kappa shape index (κ1) is 21.9. The number of carbonyl (C=O) groups excluding carboxylic acids is 2. The van der Waals surface area contributed by atoms with E-state index in [1.54, 1.807) is 27.8 Å². The number of urea groups is 1. The number of benzene rings is 1. The van der Waals surface area contributed by atoms with Gasteiger partial charge in [0.15, 0.2) is 11.5 Å². The van der Waals surface area contributed by atoms with Gasteiger partial charge in [-0.15, -0.1) is 12.4 Å². The first-order valence-electron chi connectivity index (χ1n) is 7.45. The maximum atomic E-state index is 12.6. The molecule has 0 saturated heterocycles. The summed E-state index contributed by atoms with van der Waals surface area (Å²) in [4.78, 5) is 27.5. The van der Waals surface area contributed by atoms with Gasteiger partial charge in [0, 0.05) is 19.7 Å². The number of hydrogen-bond acceptors (Lipinski definition) is 5. The zero-order valence-electron chi connectivity index (χ0n) is 14.5. The highest BCUT2D eigenvalue weighted by Gasteiger charge is 2.31. The Labute approximate surface area is 148 Å². The van der Waals surface area contributed by atoms with Crippen molar-refractivity contribution in [2.24, 2.45) is 0 Å². The van der Waals surface area contributed by atoms with Crippen LogP contribution in [0.1, 0.15) is 27.7 Å². The Morgan fingerprint density at radius 2 is 1.75 bits per heavy atom. The minimum atomic E-state index is -0.886. The van der Waals surface area contributed by atoms with Crippen molar-refractivity contribution in [2.75, 3.05) is 18.5 Å². The normalized spacial score (nSPS) is 11.4. The highest BCUT2D eigenvalue weighted by Crippen LogP contribution is 2.31. The summed E-state index contributed by atoms with van der Waals surface area (Å²) >= 11 is 0. The smallest absolute Gasteiger partial charge is 0.329 e. The second kappa shape index (κ2) is 9.22. The summed E-state index contributed by atoms with van der Waals surface area (Å²) in [5.41, 5.74) is 0.291. The minimum Gasteiger partial charge on any atom is -0.504 e. The fraction of sp³-hybridized carbons (Fsp3) is 0.500. The van der Waals surface area contributed by atoms with Crippen LogP contribution in [0.15, 0.2) is 18.2 Å². The van der Waals surface area contributed by atoms with Crippen molar-refractivity contribution >= 4 is 30.1 Å². The molecule has 136 valence electrons. The van der Waals surface area contributed by atoms with E-state index in [0.29, 0.717) is 12.2 Å². The number of ether oxygens (including phenoxy) is 1. The van der Waals surface area contributed by atoms with Crippen LogP contribution in [0.2, 0.25) is 0 Å². The fourth-order valence-corrected chi connectivity index (χ4v) is 1.92. The molecule has 1 rings (SSSR count). The van der Waals surface area contributed by atoms with Crippen LogP contribution in [0.25, 0.3) is 0 Å². The van der Waals surface area contributed by atoms with Crippen molar-refractivity contribution < 1.29 is 24.5 Å². The Bertz CT molecular complexity index is 580. The van der Waals surface area contributed by atoms with E-state index in [1.807, 2.05) is 6.92 Å². The Hall–Kier alpha value is -2.15. The van der Waals surface area contributed by atoms with E-state index in [2.05, 4.69) is 0 Å². The number of aromatic hydroxyl groups is 2. The van der Waals surface area contributed by atoms with Crippen LogP contribution in [0.5, 0.6) is 11.5 Å². The van der Waals surface area contributed by atoms with E-state index >= 15 is 0 Å². The highest BCUT2D eigenvalue weighted by atomic mass is 35.5. The van der Waals surface area contributed by atoms with Crippen LogP contribution in [-0.4, -0.2) is 52.9 Å². The molecule has 7 nitrogen and oxygen atoms in total. The molecule has 0 aliphatic heterocycles. The Balaban J connectivity index is 0.00000529. The lowest BCUT2D eigenvalue weighted by molar-refractivity contribution is -0.148. The summed E-state index contributed by atoms with van der Waals surface area (Å²) in [6.07, 6.45) is -0.306. The molecule has 8 heteroatoms. The zero-order chi connectivity index (χ0) is 17.7. The summed E-state index contributed by atoms with van der Waals surface area (Å²) < 4.78 is 5.17. The molecule has 0 radical (unpaired) electrons. The van der Waals surface area contributed by atoms with Gasteiger partial charge in [-0.1, -0.05) is 0 Å². The molecule has 2 N–H and O–H groups in total. The lowest BCUT2D eigenvalue weighted by Gasteiger charge is -2.32. The van der Waals surface area contributed by atoms with Crippen LogP contribution >= 0.6 is 12.4 Å². The van der Waals surface area contributed by atoms with Gasteiger partial charge in [-0.2, -0.15) is 0 Å². The average molecular weight is 361 g/mol. The lowest BCUT2D eigenvalue weighted by Crippen LogP contribution is -2.50. The van der Waals surface area contributed by atoms with E-state index in [0.717, 1.165) is 0 Å². The molecule has 0 saturated carbocycles. The predicted molar refractivity (Wildman–Crippen MR) is 93.9 cm³/mol. The number of nitrogens with zero attached hydrogens (tertiary/aromatic N) is 2. The van der Waals surface area contributed by atoms with Crippen molar-refractivity contribution in [3.8, 4) is 11.5 Å². The number of carbonyl (C=O) groups is 2. The van der Waals surface area contributed by atoms with Gasteiger partial charge < -0.3 is 19.8 Å². The van der Waals surface area contributed by atoms with Crippen LogP contribution in [-0.2, 0) is 9.53 Å². The van der Waals surface area contributed by atoms with E-state index in [-0.39, 0.29) is 30.0 Å². The molecular formula is C16H25ClN2O5. The number of amides is 2. The maximum absolute atomic E-state index is 12.6. The van der Waals surface area contributed by atoms with Gasteiger partial charge in [-0.05, 0) is 39.8 Å². The van der Waals surface area contributed by atoms with Gasteiger partial charge in [0.2, 0.25) is 0 Å². The van der Waals surface area contributed by atoms with E-state index in [4.69, 9.17) is 4.74 Å². The lowest BCUT2D eigenvalue weighted by atomic mass is 10.2. The number of halogens is 1. The second-order valence-corrected chi connectivity index (χ2v) is 5.50. The molecule has 0 aliphatic carbocycles. The molecule has 0 fully saturated rings. The van der Waals surface area contributed by atoms with Crippen LogP contribution in [0.4, 0.5) is 10.5 Å². The molecule has 1 aromatic rings. The molecule has 1 aromatic carbocycles. The van der Waals surface area contributed by atoms with E-state index in [9.17, 15) is 19.8 Å². The first-order valence-corrected chi connectivity index (χ1v) is 7.45. The van der Waals surface area contributed by atoms with Gasteiger partial charge in [0.25, 0.3) is 0 Å². The standard InChI is InChI=1S/C16H24N2O5.ClH/c1-6-17(5)16(22)18(11(4)15(21)23-10(2)3)12-7-8-13(19)14(20)9-12;/h7-11,19-20H,6H2,1-5H3;1H. The largest absolute Gasteiger partial charge is 0.504 e. The first-order chi connectivity index (χ1) is 10.7. The molecule has 24 heavy (non-hydrogen) atoms. The van der Waals surface area contributed by atoms with Crippen LogP contribution < -0.4 is 4.90 Å². The number of phenolic OH excluding ortho intramolecular Hbond substituents is 2. The number of phenols is 2. The van der Waals surface area contributed by atoms with Crippen LogP contribution in [0.3, 0.4) is 0 Å². The summed E-state index contributed by atoms with van der Waals surface area (Å²) in [5.74, 6) is -1.23. The van der Waals surface area contributed by atoms with Crippen molar-refractivity contribution in [1.82, 2.24) is 4.90 Å². The molecule has 0 spiro atoms. The number of anilines is 1. The zero-order valence-corrected chi connectivity index (χ0v) is 15.3. The molecule has 1 unspecified atom stereocenters. The monoisotopic (exact) mass is 360 g/mol. The number of rotatable bonds is 5. The third kappa shape index (κ3) is 5.19. The SMILES string of the molecule is CCN(C)C(=O)N(c1ccc(O)c(O)c1)C(C)C(=O)OC(C)C.Cl. The molecule has 0 aliphatic rings. The van der Waals surface area contributed by atoms with Gasteiger partial charge in [-0.25, -0.2) is 9.59 Å².